The number of rotatable bonds is 4. The Hall–Kier alpha value is -0.920. The standard InChI is InChI=1S/C13H23N3O3S/c1-9-13(10(2)16(3)15-9)20(18,19)14-8-11-6-4-5-7-12(11)17/h11-12,14,17H,4-8H2,1-3H3. The lowest BCUT2D eigenvalue weighted by Crippen LogP contribution is -2.37. The minimum Gasteiger partial charge on any atom is -0.393 e. The number of nitrogens with one attached hydrogen (secondary N) is 1. The van der Waals surface area contributed by atoms with Crippen molar-refractivity contribution in [3.63, 3.8) is 0 Å². The van der Waals surface area contributed by atoms with Crippen molar-refractivity contribution in [2.45, 2.75) is 50.5 Å². The molecule has 0 aromatic carbocycles. The normalized spacial score (nSPS) is 24.0. The van der Waals surface area contributed by atoms with E-state index in [-0.39, 0.29) is 17.4 Å². The number of aromatic nitrogens is 2. The van der Waals surface area contributed by atoms with Crippen molar-refractivity contribution in [1.82, 2.24) is 14.5 Å². The third kappa shape index (κ3) is 3.05. The van der Waals surface area contributed by atoms with Crippen LogP contribution in [-0.2, 0) is 17.1 Å². The van der Waals surface area contributed by atoms with Crippen LogP contribution in [0.5, 0.6) is 0 Å². The smallest absolute Gasteiger partial charge is 0.244 e. The topological polar surface area (TPSA) is 84.2 Å². The molecular weight excluding hydrogens is 278 g/mol. The molecule has 0 bridgehead atoms. The van der Waals surface area contributed by atoms with Gasteiger partial charge in [0.05, 0.1) is 17.5 Å². The quantitative estimate of drug-likeness (QED) is 0.864. The molecule has 1 aliphatic carbocycles. The largest absolute Gasteiger partial charge is 0.393 e. The highest BCUT2D eigenvalue weighted by Gasteiger charge is 2.28. The minimum absolute atomic E-state index is 0.0100. The molecule has 6 nitrogen and oxygen atoms in total. The first-order valence-corrected chi connectivity index (χ1v) is 8.49. The summed E-state index contributed by atoms with van der Waals surface area (Å²) in [6, 6.07) is 0. The van der Waals surface area contributed by atoms with Crippen LogP contribution in [0.25, 0.3) is 0 Å². The summed E-state index contributed by atoms with van der Waals surface area (Å²) in [5.41, 5.74) is 1.13. The second kappa shape index (κ2) is 5.83. The van der Waals surface area contributed by atoms with Gasteiger partial charge in [-0.3, -0.25) is 4.68 Å². The van der Waals surface area contributed by atoms with Crippen LogP contribution in [0.15, 0.2) is 4.90 Å². The van der Waals surface area contributed by atoms with E-state index < -0.39 is 16.1 Å². The van der Waals surface area contributed by atoms with Gasteiger partial charge in [-0.1, -0.05) is 12.8 Å². The molecule has 20 heavy (non-hydrogen) atoms. The molecule has 2 N–H and O–H groups in total. The average Bonchev–Trinajstić information content (AvgIpc) is 2.62. The van der Waals surface area contributed by atoms with Gasteiger partial charge in [-0.05, 0) is 32.6 Å². The van der Waals surface area contributed by atoms with Crippen LogP contribution in [0.1, 0.15) is 37.1 Å². The Morgan fingerprint density at radius 3 is 2.55 bits per heavy atom. The number of aryl methyl sites for hydroxylation is 2. The van der Waals surface area contributed by atoms with Gasteiger partial charge in [-0.25, -0.2) is 13.1 Å². The molecule has 1 aromatic rings. The van der Waals surface area contributed by atoms with E-state index in [0.717, 1.165) is 25.7 Å². The van der Waals surface area contributed by atoms with Crippen molar-refractivity contribution < 1.29 is 13.5 Å². The van der Waals surface area contributed by atoms with Gasteiger partial charge < -0.3 is 5.11 Å². The second-order valence-electron chi connectivity index (χ2n) is 5.59. The third-order valence-electron chi connectivity index (χ3n) is 4.12. The van der Waals surface area contributed by atoms with E-state index in [0.29, 0.717) is 11.4 Å². The molecule has 1 aromatic heterocycles. The van der Waals surface area contributed by atoms with Gasteiger partial charge in [0.2, 0.25) is 10.0 Å². The summed E-state index contributed by atoms with van der Waals surface area (Å²) >= 11 is 0. The summed E-state index contributed by atoms with van der Waals surface area (Å²) < 4.78 is 29.0. The molecule has 1 heterocycles. The van der Waals surface area contributed by atoms with Crippen LogP contribution in [0.4, 0.5) is 0 Å². The van der Waals surface area contributed by atoms with Crippen molar-refractivity contribution in [3.05, 3.63) is 11.4 Å². The molecule has 1 aliphatic rings. The van der Waals surface area contributed by atoms with E-state index in [2.05, 4.69) is 9.82 Å². The predicted octanol–water partition coefficient (Wildman–Crippen LogP) is 0.866. The van der Waals surface area contributed by atoms with E-state index in [4.69, 9.17) is 0 Å². The first kappa shape index (κ1) is 15.5. The third-order valence-corrected chi connectivity index (χ3v) is 5.79. The van der Waals surface area contributed by atoms with Gasteiger partial charge >= 0.3 is 0 Å². The molecule has 0 spiro atoms. The molecule has 0 saturated heterocycles. The van der Waals surface area contributed by atoms with Crippen LogP contribution in [0.3, 0.4) is 0 Å². The summed E-state index contributed by atoms with van der Waals surface area (Å²) in [7, 11) is -1.84. The Bertz CT molecular complexity index is 580. The first-order chi connectivity index (χ1) is 9.33. The molecule has 114 valence electrons. The summed E-state index contributed by atoms with van der Waals surface area (Å²) in [5, 5.41) is 14.0. The van der Waals surface area contributed by atoms with E-state index in [1.54, 1.807) is 25.6 Å². The number of aliphatic hydroxyl groups excluding tert-OH is 1. The Labute approximate surface area is 120 Å². The van der Waals surface area contributed by atoms with Crippen molar-refractivity contribution in [2.75, 3.05) is 6.54 Å². The molecule has 1 fully saturated rings. The molecular formula is C13H23N3O3S. The lowest BCUT2D eigenvalue weighted by molar-refractivity contribution is 0.0724. The lowest BCUT2D eigenvalue weighted by Gasteiger charge is -2.27. The average molecular weight is 301 g/mol. The first-order valence-electron chi connectivity index (χ1n) is 7.01. The molecule has 0 aliphatic heterocycles. The van der Waals surface area contributed by atoms with Crippen LogP contribution in [-0.4, -0.2) is 36.0 Å². The fourth-order valence-electron chi connectivity index (χ4n) is 2.86. The van der Waals surface area contributed by atoms with Crippen molar-refractivity contribution >= 4 is 10.0 Å². The van der Waals surface area contributed by atoms with Gasteiger partial charge in [-0.2, -0.15) is 5.10 Å². The van der Waals surface area contributed by atoms with Crippen molar-refractivity contribution in [2.24, 2.45) is 13.0 Å². The predicted molar refractivity (Wildman–Crippen MR) is 75.8 cm³/mol. The van der Waals surface area contributed by atoms with Crippen molar-refractivity contribution in [3.8, 4) is 0 Å². The zero-order valence-electron chi connectivity index (χ0n) is 12.3. The molecule has 2 atom stereocenters. The molecule has 1 saturated carbocycles. The van der Waals surface area contributed by atoms with E-state index in [1.165, 1.54) is 0 Å². The second-order valence-corrected chi connectivity index (χ2v) is 7.29. The number of hydrogen-bond acceptors (Lipinski definition) is 4. The van der Waals surface area contributed by atoms with Gasteiger partial charge in [0, 0.05) is 13.6 Å². The summed E-state index contributed by atoms with van der Waals surface area (Å²) in [6.07, 6.45) is 3.30. The highest BCUT2D eigenvalue weighted by Crippen LogP contribution is 2.25. The zero-order valence-corrected chi connectivity index (χ0v) is 13.1. The Kier molecular flexibility index (Phi) is 4.51. The Balaban J connectivity index is 2.11. The zero-order chi connectivity index (χ0) is 14.9. The van der Waals surface area contributed by atoms with Crippen LogP contribution >= 0.6 is 0 Å². The van der Waals surface area contributed by atoms with Gasteiger partial charge in [0.25, 0.3) is 0 Å². The van der Waals surface area contributed by atoms with E-state index in [9.17, 15) is 13.5 Å². The molecule has 2 unspecified atom stereocenters. The number of hydrogen-bond donors (Lipinski definition) is 2. The van der Waals surface area contributed by atoms with E-state index in [1.807, 2.05) is 0 Å². The van der Waals surface area contributed by atoms with Gasteiger partial charge in [-0.15, -0.1) is 0 Å². The Morgan fingerprint density at radius 1 is 1.35 bits per heavy atom. The monoisotopic (exact) mass is 301 g/mol. The lowest BCUT2D eigenvalue weighted by atomic mass is 9.87. The highest BCUT2D eigenvalue weighted by atomic mass is 32.2. The van der Waals surface area contributed by atoms with Crippen LogP contribution < -0.4 is 4.72 Å². The van der Waals surface area contributed by atoms with Crippen molar-refractivity contribution in [1.29, 1.82) is 0 Å². The van der Waals surface area contributed by atoms with Gasteiger partial charge in [0.15, 0.2) is 0 Å². The molecule has 2 rings (SSSR count). The number of sulfonamides is 1. The number of nitrogens with zero attached hydrogens (tertiary/aromatic N) is 2. The maximum atomic E-state index is 12.4. The van der Waals surface area contributed by atoms with Crippen LogP contribution in [0.2, 0.25) is 0 Å². The highest BCUT2D eigenvalue weighted by molar-refractivity contribution is 7.89. The fraction of sp³-hybridized carbons (Fsp3) is 0.769. The molecule has 0 radical (unpaired) electrons. The fourth-order valence-corrected chi connectivity index (χ4v) is 4.39. The number of aliphatic hydroxyl groups is 1. The molecule has 0 amide bonds. The summed E-state index contributed by atoms with van der Waals surface area (Å²) in [6.45, 7) is 3.72. The van der Waals surface area contributed by atoms with Gasteiger partial charge in [0.1, 0.15) is 4.90 Å². The summed E-state index contributed by atoms with van der Waals surface area (Å²) in [4.78, 5) is 0.255. The minimum atomic E-state index is -3.57. The van der Waals surface area contributed by atoms with Crippen LogP contribution in [0, 0.1) is 19.8 Å². The summed E-state index contributed by atoms with van der Waals surface area (Å²) in [5.74, 6) is 0.0100. The van der Waals surface area contributed by atoms with E-state index >= 15 is 0 Å². The SMILES string of the molecule is Cc1nn(C)c(C)c1S(=O)(=O)NCC1CCCCC1O. The maximum absolute atomic E-state index is 12.4. The molecule has 7 heteroatoms. The maximum Gasteiger partial charge on any atom is 0.244 e. The Morgan fingerprint density at radius 2 is 2.00 bits per heavy atom.